The zero-order chi connectivity index (χ0) is 24.8. The zero-order valence-electron chi connectivity index (χ0n) is 19.1. The predicted octanol–water partition coefficient (Wildman–Crippen LogP) is 1.70. The van der Waals surface area contributed by atoms with Crippen LogP contribution in [0.4, 0.5) is 0 Å². The third-order valence-corrected chi connectivity index (χ3v) is 5.69. The molecule has 9 nitrogen and oxygen atoms in total. The number of phenolic OH excluding ortho intramolecular Hbond substituents is 1. The Bertz CT molecular complexity index is 1160. The lowest BCUT2D eigenvalue weighted by atomic mass is 10.0. The molecule has 0 saturated heterocycles. The van der Waals surface area contributed by atoms with Crippen molar-refractivity contribution in [3.8, 4) is 5.75 Å². The van der Waals surface area contributed by atoms with Crippen molar-refractivity contribution in [3.63, 3.8) is 0 Å². The number of H-pyrrole nitrogens is 1. The largest absolute Gasteiger partial charge is 0.508 e. The Morgan fingerprint density at radius 2 is 1.65 bits per heavy atom. The maximum absolute atomic E-state index is 13.1. The molecule has 3 atom stereocenters. The van der Waals surface area contributed by atoms with E-state index in [0.29, 0.717) is 0 Å². The van der Waals surface area contributed by atoms with E-state index < -0.39 is 35.9 Å². The molecule has 2 aromatic carbocycles. The average Bonchev–Trinajstić information content (AvgIpc) is 3.20. The topological polar surface area (TPSA) is 158 Å². The van der Waals surface area contributed by atoms with E-state index >= 15 is 0 Å². The number of hydrogen-bond acceptors (Lipinski definition) is 5. The molecule has 2 amide bonds. The molecule has 34 heavy (non-hydrogen) atoms. The second kappa shape index (κ2) is 10.8. The van der Waals surface area contributed by atoms with Crippen LogP contribution in [0.1, 0.15) is 25.0 Å². The molecule has 9 heteroatoms. The number of nitrogens with one attached hydrogen (secondary N) is 3. The van der Waals surface area contributed by atoms with Crippen LogP contribution in [0.5, 0.6) is 5.75 Å². The number of carboxylic acid groups (broad SMARTS) is 1. The number of fused-ring (bicyclic) bond motifs is 1. The van der Waals surface area contributed by atoms with E-state index in [9.17, 15) is 24.6 Å². The molecular weight excluding hydrogens is 436 g/mol. The SMILES string of the molecule is CC(C)C(NC(=O)C(Cc1c[nH]c2ccccc12)NC(=O)C(N)Cc1ccc(O)cc1)C(=O)O. The van der Waals surface area contributed by atoms with Crippen molar-refractivity contribution < 1.29 is 24.6 Å². The van der Waals surface area contributed by atoms with Crippen LogP contribution in [0.15, 0.2) is 54.7 Å². The highest BCUT2D eigenvalue weighted by atomic mass is 16.4. The van der Waals surface area contributed by atoms with Crippen molar-refractivity contribution in [3.05, 3.63) is 65.9 Å². The van der Waals surface area contributed by atoms with Crippen LogP contribution in [0, 0.1) is 5.92 Å². The molecule has 0 bridgehead atoms. The smallest absolute Gasteiger partial charge is 0.326 e. The number of phenols is 1. The summed E-state index contributed by atoms with van der Waals surface area (Å²) in [6.45, 7) is 3.39. The third-order valence-electron chi connectivity index (χ3n) is 5.69. The van der Waals surface area contributed by atoms with Crippen LogP contribution in [-0.4, -0.2) is 51.1 Å². The molecule has 0 spiro atoms. The number of rotatable bonds is 10. The van der Waals surface area contributed by atoms with Crippen LogP contribution >= 0.6 is 0 Å². The van der Waals surface area contributed by atoms with Crippen LogP contribution in [0.2, 0.25) is 0 Å². The van der Waals surface area contributed by atoms with Gasteiger partial charge in [-0.3, -0.25) is 9.59 Å². The van der Waals surface area contributed by atoms with Gasteiger partial charge in [0.15, 0.2) is 0 Å². The number of carbonyl (C=O) groups is 3. The van der Waals surface area contributed by atoms with Gasteiger partial charge in [-0.15, -0.1) is 0 Å². The molecule has 1 heterocycles. The van der Waals surface area contributed by atoms with Crippen molar-refractivity contribution in [1.29, 1.82) is 0 Å². The first-order valence-electron chi connectivity index (χ1n) is 11.1. The lowest BCUT2D eigenvalue weighted by Crippen LogP contribution is -2.56. The number of carboxylic acids is 1. The summed E-state index contributed by atoms with van der Waals surface area (Å²) >= 11 is 0. The summed E-state index contributed by atoms with van der Waals surface area (Å²) in [6, 6.07) is 10.8. The van der Waals surface area contributed by atoms with Gasteiger partial charge in [0, 0.05) is 23.5 Å². The summed E-state index contributed by atoms with van der Waals surface area (Å²) in [7, 11) is 0. The number of aromatic nitrogens is 1. The fourth-order valence-electron chi connectivity index (χ4n) is 3.75. The molecule has 3 unspecified atom stereocenters. The van der Waals surface area contributed by atoms with Gasteiger partial charge in [0.25, 0.3) is 0 Å². The van der Waals surface area contributed by atoms with Gasteiger partial charge in [-0.2, -0.15) is 0 Å². The minimum absolute atomic E-state index is 0.107. The van der Waals surface area contributed by atoms with Gasteiger partial charge in [-0.05, 0) is 41.7 Å². The number of hydrogen-bond donors (Lipinski definition) is 6. The second-order valence-electron chi connectivity index (χ2n) is 8.67. The van der Waals surface area contributed by atoms with Gasteiger partial charge in [0.05, 0.1) is 6.04 Å². The van der Waals surface area contributed by atoms with Gasteiger partial charge in [0.1, 0.15) is 17.8 Å². The van der Waals surface area contributed by atoms with Crippen molar-refractivity contribution in [2.75, 3.05) is 0 Å². The maximum Gasteiger partial charge on any atom is 0.326 e. The fraction of sp³-hybridized carbons (Fsp3) is 0.320. The number of amides is 2. The molecule has 0 saturated carbocycles. The third kappa shape index (κ3) is 6.14. The Hall–Kier alpha value is -3.85. The van der Waals surface area contributed by atoms with Crippen LogP contribution in [0.3, 0.4) is 0 Å². The molecule has 0 aliphatic heterocycles. The molecule has 0 aliphatic carbocycles. The van der Waals surface area contributed by atoms with E-state index in [4.69, 9.17) is 5.73 Å². The van der Waals surface area contributed by atoms with Gasteiger partial charge in [-0.25, -0.2) is 4.79 Å². The molecular formula is C25H30N4O5. The summed E-state index contributed by atoms with van der Waals surface area (Å²) in [5, 5.41) is 25.1. The standard InChI is InChI=1S/C25H30N4O5/c1-14(2)22(25(33)34)29-24(32)21(12-16-13-27-20-6-4-3-5-18(16)20)28-23(31)19(26)11-15-7-9-17(30)10-8-15/h3-10,13-14,19,21-22,27,30H,11-12,26H2,1-2H3,(H,28,31)(H,29,32)(H,33,34). The summed E-state index contributed by atoms with van der Waals surface area (Å²) in [4.78, 5) is 40.7. The first kappa shape index (κ1) is 24.8. The van der Waals surface area contributed by atoms with Crippen LogP contribution in [0.25, 0.3) is 10.9 Å². The molecule has 0 radical (unpaired) electrons. The number of aliphatic carboxylic acids is 1. The second-order valence-corrected chi connectivity index (χ2v) is 8.67. The normalized spacial score (nSPS) is 13.9. The summed E-state index contributed by atoms with van der Waals surface area (Å²) in [5.74, 6) is -2.52. The Morgan fingerprint density at radius 1 is 0.971 bits per heavy atom. The predicted molar refractivity (Wildman–Crippen MR) is 128 cm³/mol. The Morgan fingerprint density at radius 3 is 2.29 bits per heavy atom. The number of aromatic hydroxyl groups is 1. The van der Waals surface area contributed by atoms with Crippen LogP contribution < -0.4 is 16.4 Å². The quantitative estimate of drug-likeness (QED) is 0.267. The molecule has 7 N–H and O–H groups in total. The monoisotopic (exact) mass is 466 g/mol. The first-order valence-corrected chi connectivity index (χ1v) is 11.1. The van der Waals surface area contributed by atoms with Crippen molar-refractivity contribution in [2.45, 2.75) is 44.8 Å². The molecule has 180 valence electrons. The Balaban J connectivity index is 1.79. The van der Waals surface area contributed by atoms with Gasteiger partial charge in [-0.1, -0.05) is 44.2 Å². The van der Waals surface area contributed by atoms with E-state index in [1.807, 2.05) is 24.3 Å². The maximum atomic E-state index is 13.1. The van der Waals surface area contributed by atoms with E-state index in [1.54, 1.807) is 32.2 Å². The number of nitrogens with two attached hydrogens (primary N) is 1. The molecule has 3 aromatic rings. The number of benzene rings is 2. The molecule has 3 rings (SSSR count). The summed E-state index contributed by atoms with van der Waals surface area (Å²) in [6.07, 6.45) is 2.12. The molecule has 0 fully saturated rings. The van der Waals surface area contributed by atoms with Gasteiger partial charge < -0.3 is 31.6 Å². The highest BCUT2D eigenvalue weighted by Gasteiger charge is 2.30. The minimum atomic E-state index is -1.15. The average molecular weight is 467 g/mol. The van der Waals surface area contributed by atoms with Crippen LogP contribution in [-0.2, 0) is 27.2 Å². The van der Waals surface area contributed by atoms with E-state index in [2.05, 4.69) is 15.6 Å². The molecule has 0 aliphatic rings. The van der Waals surface area contributed by atoms with E-state index in [-0.39, 0.29) is 24.5 Å². The number of carbonyl (C=O) groups excluding carboxylic acids is 2. The zero-order valence-corrected chi connectivity index (χ0v) is 19.1. The van der Waals surface area contributed by atoms with Gasteiger partial charge in [0.2, 0.25) is 11.8 Å². The van der Waals surface area contributed by atoms with Crippen molar-refractivity contribution in [2.24, 2.45) is 11.7 Å². The fourth-order valence-corrected chi connectivity index (χ4v) is 3.75. The number of para-hydroxylation sites is 1. The van der Waals surface area contributed by atoms with Crippen molar-refractivity contribution >= 4 is 28.7 Å². The lowest BCUT2D eigenvalue weighted by molar-refractivity contribution is -0.143. The Labute approximate surface area is 197 Å². The summed E-state index contributed by atoms with van der Waals surface area (Å²) < 4.78 is 0. The number of aromatic amines is 1. The highest BCUT2D eigenvalue weighted by Crippen LogP contribution is 2.19. The van der Waals surface area contributed by atoms with E-state index in [1.165, 1.54) is 12.1 Å². The molecule has 1 aromatic heterocycles. The summed E-state index contributed by atoms with van der Waals surface area (Å²) in [5.41, 5.74) is 8.54. The lowest BCUT2D eigenvalue weighted by Gasteiger charge is -2.24. The Kier molecular flexibility index (Phi) is 7.91. The highest BCUT2D eigenvalue weighted by molar-refractivity contribution is 5.93. The minimum Gasteiger partial charge on any atom is -0.508 e. The van der Waals surface area contributed by atoms with Crippen molar-refractivity contribution in [1.82, 2.24) is 15.6 Å². The van der Waals surface area contributed by atoms with Gasteiger partial charge >= 0.3 is 5.97 Å². The van der Waals surface area contributed by atoms with E-state index in [0.717, 1.165) is 22.0 Å². The first-order chi connectivity index (χ1) is 16.2.